The molecule has 0 aliphatic heterocycles. The Bertz CT molecular complexity index is 736. The molecule has 6 heteroatoms. The van der Waals surface area contributed by atoms with E-state index in [0.717, 1.165) is 0 Å². The molecular weight excluding hydrogens is 385 g/mol. The topological polar surface area (TPSA) is 47.6 Å². The minimum absolute atomic E-state index is 0.124. The summed E-state index contributed by atoms with van der Waals surface area (Å²) in [5.74, 6) is 5.55. The highest BCUT2D eigenvalue weighted by molar-refractivity contribution is 6.78. The zero-order valence-electron chi connectivity index (χ0n) is 19.3. The van der Waals surface area contributed by atoms with Crippen LogP contribution in [0.5, 0.6) is 5.75 Å². The van der Waals surface area contributed by atoms with E-state index in [4.69, 9.17) is 9.16 Å². The molecule has 162 valence electrons. The number of rotatable bonds is 6. The molecule has 0 saturated heterocycles. The summed E-state index contributed by atoms with van der Waals surface area (Å²) in [5.41, 5.74) is 1.06. The van der Waals surface area contributed by atoms with E-state index >= 15 is 0 Å². The summed E-state index contributed by atoms with van der Waals surface area (Å²) < 4.78 is 26.3. The summed E-state index contributed by atoms with van der Waals surface area (Å²) >= 11 is 0. The molecule has 1 aromatic carbocycles. The first-order chi connectivity index (χ1) is 13.3. The fourth-order valence-corrected chi connectivity index (χ4v) is 9.04. The van der Waals surface area contributed by atoms with E-state index in [1.165, 1.54) is 6.07 Å². The molecule has 1 aromatic rings. The molecule has 0 aliphatic rings. The number of nitrogens with one attached hydrogen (secondary N) is 1. The van der Waals surface area contributed by atoms with Gasteiger partial charge < -0.3 is 14.5 Å². The zero-order chi connectivity index (χ0) is 22.4. The zero-order valence-corrected chi connectivity index (χ0v) is 20.3. The normalized spacial score (nSPS) is 12.0. The van der Waals surface area contributed by atoms with Crippen molar-refractivity contribution in [2.45, 2.75) is 84.5 Å². The van der Waals surface area contributed by atoms with Crippen molar-refractivity contribution in [3.63, 3.8) is 0 Å². The number of hydrogen-bond acceptors (Lipinski definition) is 3. The standard InChI is InChI=1S/C23H36FNO3Si/c1-16(2)29(17(3)4,18(5)6)28-21-13-12-19(15-20(21)24)11-10-14-25-22(26)27-23(7,8)9/h12-13,15-18H,14H2,1-9H3,(H,25,26). The lowest BCUT2D eigenvalue weighted by Gasteiger charge is -2.42. The Morgan fingerprint density at radius 1 is 1.10 bits per heavy atom. The Labute approximate surface area is 176 Å². The van der Waals surface area contributed by atoms with Gasteiger partial charge in [0.2, 0.25) is 0 Å². The van der Waals surface area contributed by atoms with Crippen LogP contribution < -0.4 is 9.74 Å². The van der Waals surface area contributed by atoms with Crippen LogP contribution in [0.4, 0.5) is 9.18 Å². The molecule has 0 aliphatic carbocycles. The Kier molecular flexibility index (Phi) is 8.77. The minimum Gasteiger partial charge on any atom is -0.541 e. The molecule has 1 N–H and O–H groups in total. The number of amides is 1. The number of halogens is 1. The van der Waals surface area contributed by atoms with Gasteiger partial charge in [0.25, 0.3) is 8.32 Å². The molecule has 0 radical (unpaired) electrons. The van der Waals surface area contributed by atoms with E-state index in [0.29, 0.717) is 27.9 Å². The van der Waals surface area contributed by atoms with Crippen LogP contribution in [0.2, 0.25) is 16.6 Å². The van der Waals surface area contributed by atoms with Crippen LogP contribution in [-0.4, -0.2) is 26.6 Å². The van der Waals surface area contributed by atoms with E-state index in [-0.39, 0.29) is 6.54 Å². The largest absolute Gasteiger partial charge is 0.541 e. The van der Waals surface area contributed by atoms with Crippen LogP contribution in [0.25, 0.3) is 0 Å². The van der Waals surface area contributed by atoms with Gasteiger partial charge in [-0.25, -0.2) is 9.18 Å². The predicted octanol–water partition coefficient (Wildman–Crippen LogP) is 6.26. The molecule has 4 nitrogen and oxygen atoms in total. The molecule has 0 unspecified atom stereocenters. The van der Waals surface area contributed by atoms with Crippen molar-refractivity contribution >= 4 is 14.4 Å². The van der Waals surface area contributed by atoms with Gasteiger partial charge in [-0.15, -0.1) is 0 Å². The van der Waals surface area contributed by atoms with Crippen molar-refractivity contribution in [2.24, 2.45) is 0 Å². The Morgan fingerprint density at radius 2 is 1.66 bits per heavy atom. The quantitative estimate of drug-likeness (QED) is 0.436. The number of benzene rings is 1. The van der Waals surface area contributed by atoms with Crippen LogP contribution in [0.3, 0.4) is 0 Å². The summed E-state index contributed by atoms with van der Waals surface area (Å²) in [5, 5.41) is 2.56. The highest BCUT2D eigenvalue weighted by atomic mass is 28.4. The van der Waals surface area contributed by atoms with Crippen LogP contribution in [0.15, 0.2) is 18.2 Å². The minimum atomic E-state index is -2.22. The fourth-order valence-electron chi connectivity index (χ4n) is 3.78. The molecule has 0 heterocycles. The predicted molar refractivity (Wildman–Crippen MR) is 119 cm³/mol. The lowest BCUT2D eigenvalue weighted by molar-refractivity contribution is 0.0535. The second kappa shape index (κ2) is 10.2. The summed E-state index contributed by atoms with van der Waals surface area (Å²) in [4.78, 5) is 11.6. The maximum atomic E-state index is 14.7. The van der Waals surface area contributed by atoms with Gasteiger partial charge in [0, 0.05) is 5.56 Å². The number of hydrogen-bond donors (Lipinski definition) is 1. The van der Waals surface area contributed by atoms with Crippen molar-refractivity contribution in [1.29, 1.82) is 0 Å². The Hall–Kier alpha value is -2.00. The Morgan fingerprint density at radius 3 is 2.10 bits per heavy atom. The highest BCUT2D eigenvalue weighted by Gasteiger charge is 2.47. The summed E-state index contributed by atoms with van der Waals surface area (Å²) in [6.45, 7) is 18.5. The molecule has 0 saturated carbocycles. The SMILES string of the molecule is CC(C)[Si](Oc1ccc(C#CCNC(=O)OC(C)(C)C)cc1F)(C(C)C)C(C)C. The van der Waals surface area contributed by atoms with Gasteiger partial charge in [-0.3, -0.25) is 0 Å². The third-order valence-electron chi connectivity index (χ3n) is 4.88. The van der Waals surface area contributed by atoms with Crippen molar-refractivity contribution in [3.05, 3.63) is 29.6 Å². The molecule has 0 aromatic heterocycles. The second-order valence-electron chi connectivity index (χ2n) is 9.22. The maximum Gasteiger partial charge on any atom is 0.408 e. The average Bonchev–Trinajstić information content (AvgIpc) is 2.55. The molecular formula is C23H36FNO3Si. The lowest BCUT2D eigenvalue weighted by Crippen LogP contribution is -2.50. The van der Waals surface area contributed by atoms with Gasteiger partial charge in [-0.1, -0.05) is 53.4 Å². The highest BCUT2D eigenvalue weighted by Crippen LogP contribution is 2.43. The van der Waals surface area contributed by atoms with Crippen molar-refractivity contribution in [3.8, 4) is 17.6 Å². The molecule has 1 amide bonds. The second-order valence-corrected chi connectivity index (χ2v) is 14.6. The van der Waals surface area contributed by atoms with Gasteiger partial charge in [-0.05, 0) is 55.6 Å². The molecule has 0 atom stereocenters. The first-order valence-corrected chi connectivity index (χ1v) is 12.4. The van der Waals surface area contributed by atoms with Crippen molar-refractivity contribution < 1.29 is 18.3 Å². The van der Waals surface area contributed by atoms with Gasteiger partial charge in [0.15, 0.2) is 5.82 Å². The van der Waals surface area contributed by atoms with E-state index in [1.807, 2.05) is 0 Å². The molecule has 0 fully saturated rings. The van der Waals surface area contributed by atoms with E-state index in [9.17, 15) is 9.18 Å². The molecule has 0 bridgehead atoms. The number of alkyl carbamates (subject to hydrolysis) is 1. The number of carbonyl (C=O) groups excluding carboxylic acids is 1. The smallest absolute Gasteiger partial charge is 0.408 e. The van der Waals surface area contributed by atoms with Crippen LogP contribution in [-0.2, 0) is 4.74 Å². The van der Waals surface area contributed by atoms with Crippen LogP contribution in [0.1, 0.15) is 67.9 Å². The third kappa shape index (κ3) is 7.08. The van der Waals surface area contributed by atoms with Crippen LogP contribution >= 0.6 is 0 Å². The van der Waals surface area contributed by atoms with Gasteiger partial charge in [0.1, 0.15) is 11.4 Å². The van der Waals surface area contributed by atoms with Crippen molar-refractivity contribution in [2.75, 3.05) is 6.54 Å². The first kappa shape index (κ1) is 25.0. The third-order valence-corrected chi connectivity index (χ3v) is 10.9. The maximum absolute atomic E-state index is 14.7. The summed E-state index contributed by atoms with van der Waals surface area (Å²) in [6, 6.07) is 4.80. The number of carbonyl (C=O) groups is 1. The monoisotopic (exact) mass is 421 g/mol. The Balaban J connectivity index is 2.89. The van der Waals surface area contributed by atoms with Crippen LogP contribution in [0, 0.1) is 17.7 Å². The van der Waals surface area contributed by atoms with Crippen molar-refractivity contribution in [1.82, 2.24) is 5.32 Å². The van der Waals surface area contributed by atoms with E-state index in [2.05, 4.69) is 58.7 Å². The molecule has 29 heavy (non-hydrogen) atoms. The van der Waals surface area contributed by atoms with Gasteiger partial charge >= 0.3 is 6.09 Å². The summed E-state index contributed by atoms with van der Waals surface area (Å²) in [7, 11) is -2.22. The van der Waals surface area contributed by atoms with E-state index < -0.39 is 25.8 Å². The van der Waals surface area contributed by atoms with E-state index in [1.54, 1.807) is 32.9 Å². The lowest BCUT2D eigenvalue weighted by atomic mass is 10.2. The molecule has 0 spiro atoms. The average molecular weight is 422 g/mol. The fraction of sp³-hybridized carbons (Fsp3) is 0.609. The number of ether oxygens (including phenoxy) is 1. The summed E-state index contributed by atoms with van der Waals surface area (Å²) in [6.07, 6.45) is -0.529. The van der Waals surface area contributed by atoms with Gasteiger partial charge in [0.05, 0.1) is 6.54 Å². The van der Waals surface area contributed by atoms with Gasteiger partial charge in [-0.2, -0.15) is 0 Å². The first-order valence-electron chi connectivity index (χ1n) is 10.2. The molecule has 1 rings (SSSR count).